The summed E-state index contributed by atoms with van der Waals surface area (Å²) in [6, 6.07) is 4.80. The van der Waals surface area contributed by atoms with Crippen molar-refractivity contribution in [2.45, 2.75) is 39.8 Å². The molecular formula is C22H27ClN4O5. The highest BCUT2D eigenvalue weighted by atomic mass is 35.5. The molecule has 0 aliphatic carbocycles. The molecule has 0 spiro atoms. The number of unbranched alkanes of at least 4 members (excludes halogenated alkanes) is 1. The molecule has 0 aliphatic rings. The van der Waals surface area contributed by atoms with Gasteiger partial charge in [-0.1, -0.05) is 24.9 Å². The maximum atomic E-state index is 12.8. The molecule has 0 saturated heterocycles. The second-order valence-electron chi connectivity index (χ2n) is 7.60. The minimum atomic E-state index is -0.600. The monoisotopic (exact) mass is 462 g/mol. The maximum absolute atomic E-state index is 12.8. The summed E-state index contributed by atoms with van der Waals surface area (Å²) in [7, 11) is 1.54. The fourth-order valence-corrected chi connectivity index (χ4v) is 3.74. The molecule has 3 aromatic rings. The van der Waals surface area contributed by atoms with Gasteiger partial charge in [-0.2, -0.15) is 0 Å². The van der Waals surface area contributed by atoms with E-state index in [2.05, 4.69) is 4.98 Å². The number of ether oxygens (including phenoxy) is 1. The number of nitrogens with zero attached hydrogens (tertiary/aromatic N) is 2. The Morgan fingerprint density at radius 3 is 2.69 bits per heavy atom. The largest absolute Gasteiger partial charge is 0.423 e. The summed E-state index contributed by atoms with van der Waals surface area (Å²) in [6.45, 7) is 4.96. The molecule has 3 N–H and O–H groups in total. The summed E-state index contributed by atoms with van der Waals surface area (Å²) in [5.41, 5.74) is 6.57. The van der Waals surface area contributed by atoms with Crippen LogP contribution in [0.2, 0.25) is 5.02 Å². The van der Waals surface area contributed by atoms with Crippen LogP contribution in [0.3, 0.4) is 0 Å². The molecule has 0 aliphatic heterocycles. The third-order valence-electron chi connectivity index (χ3n) is 5.30. The Balaban J connectivity index is 2.16. The Labute approximate surface area is 189 Å². The van der Waals surface area contributed by atoms with Crippen molar-refractivity contribution in [1.82, 2.24) is 9.55 Å². The van der Waals surface area contributed by atoms with Crippen LogP contribution in [-0.4, -0.2) is 29.8 Å². The molecule has 1 aromatic carbocycles. The van der Waals surface area contributed by atoms with Crippen LogP contribution in [0, 0.1) is 6.92 Å². The van der Waals surface area contributed by atoms with Crippen molar-refractivity contribution in [3.8, 4) is 0 Å². The van der Waals surface area contributed by atoms with E-state index in [4.69, 9.17) is 26.5 Å². The van der Waals surface area contributed by atoms with Crippen LogP contribution in [0.15, 0.2) is 37.0 Å². The molecule has 0 bridgehead atoms. The van der Waals surface area contributed by atoms with E-state index in [-0.39, 0.29) is 18.1 Å². The fourth-order valence-electron chi connectivity index (χ4n) is 3.58. The number of nitrogen functional groups attached to an aromatic ring is 1. The van der Waals surface area contributed by atoms with Crippen LogP contribution in [0.5, 0.6) is 0 Å². The number of rotatable bonds is 9. The zero-order valence-electron chi connectivity index (χ0n) is 18.4. The van der Waals surface area contributed by atoms with Crippen LogP contribution in [0.1, 0.15) is 30.9 Å². The normalized spacial score (nSPS) is 11.2. The molecular weight excluding hydrogens is 436 g/mol. The van der Waals surface area contributed by atoms with Crippen molar-refractivity contribution < 1.29 is 9.15 Å². The van der Waals surface area contributed by atoms with E-state index in [0.717, 1.165) is 18.4 Å². The molecule has 0 fully saturated rings. The molecule has 3 rings (SSSR count). The lowest BCUT2D eigenvalue weighted by atomic mass is 10.1. The highest BCUT2D eigenvalue weighted by Gasteiger charge is 2.21. The molecule has 2 heterocycles. The molecule has 0 atom stereocenters. The quantitative estimate of drug-likeness (QED) is 0.468. The molecule has 9 nitrogen and oxygen atoms in total. The minimum Gasteiger partial charge on any atom is -0.423 e. The average Bonchev–Trinajstić information content (AvgIpc) is 2.72. The molecule has 172 valence electrons. The second-order valence-corrected chi connectivity index (χ2v) is 8.01. The van der Waals surface area contributed by atoms with Gasteiger partial charge < -0.3 is 19.8 Å². The predicted molar refractivity (Wildman–Crippen MR) is 126 cm³/mol. The summed E-state index contributed by atoms with van der Waals surface area (Å²) in [4.78, 5) is 41.3. The first-order chi connectivity index (χ1) is 15.3. The number of nitrogens with two attached hydrogens (primary N) is 1. The zero-order chi connectivity index (χ0) is 23.4. The first kappa shape index (κ1) is 23.6. The lowest BCUT2D eigenvalue weighted by molar-refractivity contribution is 0.205. The number of benzene rings is 1. The Bertz CT molecular complexity index is 1290. The van der Waals surface area contributed by atoms with Crippen LogP contribution >= 0.6 is 11.6 Å². The number of H-pyrrole nitrogens is 1. The van der Waals surface area contributed by atoms with Gasteiger partial charge in [0, 0.05) is 43.2 Å². The lowest BCUT2D eigenvalue weighted by Gasteiger charge is -2.26. The standard InChI is InChI=1S/C22H27ClN4O5/c1-4-5-6-27-20(24)19(21(29)25-22(27)30)26(7-8-31-3)12-14-10-18(28)32-17-9-13(2)16(23)11-15(14)17/h9-11H,4-8,12,24H2,1-3H3,(H,25,29,30). The van der Waals surface area contributed by atoms with Crippen LogP contribution < -0.4 is 27.5 Å². The third-order valence-corrected chi connectivity index (χ3v) is 5.71. The van der Waals surface area contributed by atoms with Crippen LogP contribution in [0.4, 0.5) is 11.5 Å². The van der Waals surface area contributed by atoms with Gasteiger partial charge in [-0.15, -0.1) is 0 Å². The number of fused-ring (bicyclic) bond motifs is 1. The Morgan fingerprint density at radius 1 is 1.25 bits per heavy atom. The Kier molecular flexibility index (Phi) is 7.42. The number of aromatic amines is 1. The topological polar surface area (TPSA) is 124 Å². The highest BCUT2D eigenvalue weighted by molar-refractivity contribution is 6.32. The number of nitrogens with one attached hydrogen (secondary N) is 1. The summed E-state index contributed by atoms with van der Waals surface area (Å²) in [6.07, 6.45) is 1.59. The smallest absolute Gasteiger partial charge is 0.336 e. The molecule has 32 heavy (non-hydrogen) atoms. The van der Waals surface area contributed by atoms with Crippen molar-refractivity contribution in [3.63, 3.8) is 0 Å². The van der Waals surface area contributed by atoms with E-state index in [0.29, 0.717) is 41.3 Å². The van der Waals surface area contributed by atoms with Gasteiger partial charge in [-0.05, 0) is 36.6 Å². The second kappa shape index (κ2) is 10.1. The number of halogens is 1. The number of aromatic nitrogens is 2. The van der Waals surface area contributed by atoms with Crippen molar-refractivity contribution in [1.29, 1.82) is 0 Å². The van der Waals surface area contributed by atoms with Gasteiger partial charge in [0.05, 0.1) is 6.61 Å². The third kappa shape index (κ3) is 4.89. The van der Waals surface area contributed by atoms with Gasteiger partial charge in [0.2, 0.25) is 0 Å². The zero-order valence-corrected chi connectivity index (χ0v) is 19.1. The summed E-state index contributed by atoms with van der Waals surface area (Å²) in [5.74, 6) is 0.0736. The number of methoxy groups -OCH3 is 1. The van der Waals surface area contributed by atoms with Gasteiger partial charge >= 0.3 is 11.3 Å². The van der Waals surface area contributed by atoms with E-state index in [1.165, 1.54) is 10.6 Å². The van der Waals surface area contributed by atoms with E-state index >= 15 is 0 Å². The van der Waals surface area contributed by atoms with Crippen LogP contribution in [0.25, 0.3) is 11.0 Å². The van der Waals surface area contributed by atoms with Crippen molar-refractivity contribution in [2.24, 2.45) is 0 Å². The van der Waals surface area contributed by atoms with E-state index in [1.54, 1.807) is 24.1 Å². The number of hydrogen-bond acceptors (Lipinski definition) is 7. The maximum Gasteiger partial charge on any atom is 0.336 e. The SMILES string of the molecule is CCCCn1c(N)c(N(CCOC)Cc2cc(=O)oc3cc(C)c(Cl)cc23)c(=O)[nH]c1=O. The summed E-state index contributed by atoms with van der Waals surface area (Å²) < 4.78 is 11.9. The van der Waals surface area contributed by atoms with Crippen molar-refractivity contribution in [2.75, 3.05) is 30.9 Å². The number of anilines is 2. The molecule has 0 unspecified atom stereocenters. The van der Waals surface area contributed by atoms with E-state index < -0.39 is 16.9 Å². The van der Waals surface area contributed by atoms with Gasteiger partial charge in [0.15, 0.2) is 0 Å². The average molecular weight is 463 g/mol. The van der Waals surface area contributed by atoms with Gasteiger partial charge in [0.1, 0.15) is 17.1 Å². The molecule has 10 heteroatoms. The Morgan fingerprint density at radius 2 is 2.00 bits per heavy atom. The molecule has 0 amide bonds. The predicted octanol–water partition coefficient (Wildman–Crippen LogP) is 2.64. The van der Waals surface area contributed by atoms with Gasteiger partial charge in [0.25, 0.3) is 5.56 Å². The van der Waals surface area contributed by atoms with Gasteiger partial charge in [-0.25, -0.2) is 9.59 Å². The van der Waals surface area contributed by atoms with E-state index in [9.17, 15) is 14.4 Å². The van der Waals surface area contributed by atoms with Crippen molar-refractivity contribution in [3.05, 3.63) is 65.6 Å². The summed E-state index contributed by atoms with van der Waals surface area (Å²) >= 11 is 6.31. The van der Waals surface area contributed by atoms with Crippen molar-refractivity contribution >= 4 is 34.1 Å². The fraction of sp³-hybridized carbons (Fsp3) is 0.409. The lowest BCUT2D eigenvalue weighted by Crippen LogP contribution is -2.39. The minimum absolute atomic E-state index is 0.0736. The first-order valence-corrected chi connectivity index (χ1v) is 10.7. The molecule has 0 radical (unpaired) electrons. The number of hydrogen-bond donors (Lipinski definition) is 2. The molecule has 2 aromatic heterocycles. The molecule has 0 saturated carbocycles. The van der Waals surface area contributed by atoms with Crippen LogP contribution in [-0.2, 0) is 17.8 Å². The number of aryl methyl sites for hydroxylation is 1. The highest BCUT2D eigenvalue weighted by Crippen LogP contribution is 2.27. The van der Waals surface area contributed by atoms with Gasteiger partial charge in [-0.3, -0.25) is 14.3 Å². The summed E-state index contributed by atoms with van der Waals surface area (Å²) in [5, 5.41) is 1.18. The first-order valence-electron chi connectivity index (χ1n) is 10.4. The van der Waals surface area contributed by atoms with E-state index in [1.807, 2.05) is 13.8 Å². The Hall–Kier alpha value is -3.04.